The molecule has 0 saturated heterocycles. The molecule has 6 aromatic rings. The Morgan fingerprint density at radius 3 is 2.39 bits per heavy atom. The quantitative estimate of drug-likeness (QED) is 0.114. The van der Waals surface area contributed by atoms with E-state index in [0.717, 1.165) is 62.4 Å². The number of rotatable bonds is 8. The van der Waals surface area contributed by atoms with Crippen LogP contribution < -0.4 is 5.19 Å². The fourth-order valence-corrected chi connectivity index (χ4v) is 6.79. The molecule has 0 bridgehead atoms. The summed E-state index contributed by atoms with van der Waals surface area (Å²) in [4.78, 5) is 13.2. The second-order valence-electron chi connectivity index (χ2n) is 12.5. The molecule has 4 nitrogen and oxygen atoms in total. The molecule has 0 saturated carbocycles. The van der Waals surface area contributed by atoms with Gasteiger partial charge in [-0.05, 0) is 72.7 Å². The zero-order valence-corrected chi connectivity index (χ0v) is 31.0. The zero-order chi connectivity index (χ0) is 37.4. The molecule has 0 unspecified atom stereocenters. The van der Waals surface area contributed by atoms with Gasteiger partial charge in [0.15, 0.2) is 0 Å². The Morgan fingerprint density at radius 2 is 1.72 bits per heavy atom. The van der Waals surface area contributed by atoms with Gasteiger partial charge in [0.05, 0.1) is 13.7 Å². The molecule has 0 aliphatic carbocycles. The molecule has 46 heavy (non-hydrogen) atoms. The van der Waals surface area contributed by atoms with Crippen LogP contribution in [-0.4, -0.2) is 23.0 Å². The topological polar surface area (TPSA) is 51.8 Å². The van der Waals surface area contributed by atoms with Crippen molar-refractivity contribution in [2.45, 2.75) is 79.3 Å². The van der Waals surface area contributed by atoms with Gasteiger partial charge in [-0.1, -0.05) is 76.0 Å². The van der Waals surface area contributed by atoms with Gasteiger partial charge in [-0.3, -0.25) is 0 Å². The van der Waals surface area contributed by atoms with Crippen LogP contribution in [0, 0.1) is 24.9 Å². The van der Waals surface area contributed by atoms with Crippen molar-refractivity contribution in [1.29, 1.82) is 0 Å². The molecule has 0 fully saturated rings. The van der Waals surface area contributed by atoms with Crippen LogP contribution in [0.25, 0.3) is 44.6 Å². The molecular weight excluding hydrogens is 759 g/mol. The number of aromatic nitrogens is 3. The van der Waals surface area contributed by atoms with Crippen molar-refractivity contribution in [3.05, 3.63) is 108 Å². The number of nitrogens with zero attached hydrogens (tertiary/aromatic N) is 3. The summed E-state index contributed by atoms with van der Waals surface area (Å²) in [6.07, 6.45) is 3.70. The summed E-state index contributed by atoms with van der Waals surface area (Å²) in [5, 5.41) is 2.68. The van der Waals surface area contributed by atoms with Crippen molar-refractivity contribution in [3.8, 4) is 22.5 Å². The molecule has 6 rings (SSSR count). The zero-order valence-electron chi connectivity index (χ0n) is 33.6. The van der Waals surface area contributed by atoms with E-state index >= 15 is 0 Å². The minimum atomic E-state index is -2.28. The maximum atomic E-state index is 8.70. The van der Waals surface area contributed by atoms with E-state index in [1.165, 1.54) is 6.07 Å². The average molecular weight is 810 g/mol. The van der Waals surface area contributed by atoms with E-state index in [2.05, 4.69) is 46.7 Å². The van der Waals surface area contributed by atoms with Gasteiger partial charge < -0.3 is 14.4 Å². The van der Waals surface area contributed by atoms with Crippen molar-refractivity contribution in [3.63, 3.8) is 0 Å². The third kappa shape index (κ3) is 8.28. The van der Waals surface area contributed by atoms with E-state index in [-0.39, 0.29) is 31.7 Å². The average Bonchev–Trinajstić information content (AvgIpc) is 3.48. The number of pyridine rings is 3. The minimum Gasteiger partial charge on any atom is -0.486 e. The molecule has 4 aromatic heterocycles. The molecule has 0 atom stereocenters. The van der Waals surface area contributed by atoms with Crippen molar-refractivity contribution < 1.29 is 32.7 Å². The summed E-state index contributed by atoms with van der Waals surface area (Å²) in [6.45, 7) is 12.3. The molecule has 0 spiro atoms. The first-order valence-corrected chi connectivity index (χ1v) is 19.1. The van der Waals surface area contributed by atoms with Crippen LogP contribution in [0.4, 0.5) is 0 Å². The predicted octanol–water partition coefficient (Wildman–Crippen LogP) is 10.3. The number of hydrogen-bond acceptors (Lipinski definition) is 4. The Hall–Kier alpha value is -3.44. The second-order valence-corrected chi connectivity index (χ2v) is 17.5. The van der Waals surface area contributed by atoms with Crippen molar-refractivity contribution >= 4 is 35.3 Å². The van der Waals surface area contributed by atoms with Gasteiger partial charge in [0.2, 0.25) is 5.71 Å². The fourth-order valence-electron chi connectivity index (χ4n) is 5.39. The first-order valence-electron chi connectivity index (χ1n) is 18.6. The van der Waals surface area contributed by atoms with Gasteiger partial charge in [-0.2, -0.15) is 0 Å². The molecule has 0 N–H and O–H groups in total. The van der Waals surface area contributed by atoms with Gasteiger partial charge >= 0.3 is 0 Å². The summed E-state index contributed by atoms with van der Waals surface area (Å²) < 4.78 is 54.1. The van der Waals surface area contributed by atoms with Gasteiger partial charge in [-0.25, -0.2) is 4.98 Å². The minimum absolute atomic E-state index is 0. The molecule has 0 aliphatic rings. The van der Waals surface area contributed by atoms with Crippen molar-refractivity contribution in [2.75, 3.05) is 0 Å². The van der Waals surface area contributed by atoms with Gasteiger partial charge in [-0.15, -0.1) is 59.7 Å². The smallest absolute Gasteiger partial charge is 0.216 e. The summed E-state index contributed by atoms with van der Waals surface area (Å²) in [5.74, 6) is -0.725. The van der Waals surface area contributed by atoms with Gasteiger partial charge in [0.25, 0.3) is 0 Å². The predicted molar refractivity (Wildman–Crippen MR) is 192 cm³/mol. The van der Waals surface area contributed by atoms with Crippen LogP contribution in [0.3, 0.4) is 0 Å². The van der Waals surface area contributed by atoms with E-state index in [1.807, 2.05) is 82.4 Å². The molecule has 1 radical (unpaired) electrons. The molecule has 241 valence electrons. The van der Waals surface area contributed by atoms with E-state index in [0.29, 0.717) is 11.3 Å². The summed E-state index contributed by atoms with van der Waals surface area (Å²) in [6, 6.07) is 26.7. The van der Waals surface area contributed by atoms with E-state index < -0.39 is 27.2 Å². The monoisotopic (exact) mass is 810 g/mol. The first-order chi connectivity index (χ1) is 23.9. The first kappa shape index (κ1) is 27.6. The van der Waals surface area contributed by atoms with Crippen LogP contribution in [0.5, 0.6) is 0 Å². The maximum absolute atomic E-state index is 8.70. The van der Waals surface area contributed by atoms with Crippen molar-refractivity contribution in [2.24, 2.45) is 5.92 Å². The third-order valence-electron chi connectivity index (χ3n) is 7.71. The van der Waals surface area contributed by atoms with Crippen LogP contribution in [0.15, 0.2) is 83.5 Å². The molecular formula is C40H45IrN3OSi-2. The van der Waals surface area contributed by atoms with Crippen LogP contribution in [0.2, 0.25) is 19.6 Å². The largest absolute Gasteiger partial charge is 0.486 e. The Bertz CT molecular complexity index is 2140. The van der Waals surface area contributed by atoms with Gasteiger partial charge in [0, 0.05) is 51.8 Å². The van der Waals surface area contributed by atoms with E-state index in [4.69, 9.17) is 12.6 Å². The fraction of sp³-hybridized carbons (Fsp3) is 0.325. The van der Waals surface area contributed by atoms with Crippen LogP contribution in [0.1, 0.15) is 71.5 Å². The summed E-state index contributed by atoms with van der Waals surface area (Å²) >= 11 is 0. The van der Waals surface area contributed by atoms with Crippen LogP contribution >= 0.6 is 0 Å². The summed E-state index contributed by atoms with van der Waals surface area (Å²) in [5.41, 5.74) is 5.85. The summed E-state index contributed by atoms with van der Waals surface area (Å²) in [7, 11) is -1.67. The third-order valence-corrected chi connectivity index (χ3v) is 9.72. The van der Waals surface area contributed by atoms with E-state index in [9.17, 15) is 0 Å². The molecule has 6 heteroatoms. The number of benzene rings is 2. The van der Waals surface area contributed by atoms with Crippen LogP contribution in [-0.2, 0) is 26.5 Å². The SMILES string of the molecule is [2H]C([2H])([2H])c1ccc2c(n1)oc1c[c-]c(-c3cc(C([2H])(CC)CC)ccn3)cc12.[2H]C([2H])(c1cc(-c2[c-]cccc2)ncc1[Si](C)(C)C)C(C)C.[Ir]. The Kier molecular flexibility index (Phi) is 9.27. The standard InChI is InChI=1S/C22H21N2O.C18H24NSi.Ir/c1-4-15(5-2)16-10-11-23-20(13-16)17-7-9-21-19(12-17)18-8-6-14(3)24-22(18)25-21;1-14(2)11-16-12-17(15-9-7-6-8-10-15)19-13-18(16)20(3,4)5;/h6,8-13,15H,4-5H2,1-3H3;6-9,12-14H,11H2,1-5H3;/q2*-1;/i3D3,15D;11D2;. The Morgan fingerprint density at radius 1 is 0.935 bits per heavy atom. The molecule has 2 aromatic carbocycles. The number of hydrogen-bond donors (Lipinski definition) is 0. The normalized spacial score (nSPS) is 14.3. The number of furan rings is 1. The second kappa shape index (κ2) is 15.4. The molecule has 0 amide bonds. The molecule has 0 aliphatic heterocycles. The molecule has 4 heterocycles. The number of aryl methyl sites for hydroxylation is 1. The Balaban J connectivity index is 0.000000237. The number of fused-ring (bicyclic) bond motifs is 3. The van der Waals surface area contributed by atoms with Gasteiger partial charge in [0.1, 0.15) is 0 Å². The van der Waals surface area contributed by atoms with E-state index in [1.54, 1.807) is 18.3 Å². The maximum Gasteiger partial charge on any atom is 0.216 e. The Labute approximate surface area is 297 Å². The van der Waals surface area contributed by atoms with Crippen molar-refractivity contribution in [1.82, 2.24) is 15.0 Å².